The van der Waals surface area contributed by atoms with E-state index in [1.165, 1.54) is 12.1 Å². The molecule has 4 heteroatoms. The Morgan fingerprint density at radius 1 is 1.23 bits per heavy atom. The minimum absolute atomic E-state index is 0.246. The summed E-state index contributed by atoms with van der Waals surface area (Å²) >= 11 is 4.14. The predicted molar refractivity (Wildman–Crippen MR) is 50.8 cm³/mol. The summed E-state index contributed by atoms with van der Waals surface area (Å²) in [4.78, 5) is 3.95. The van der Waals surface area contributed by atoms with Gasteiger partial charge in [0.1, 0.15) is 5.82 Å². The number of halogens is 1. The van der Waals surface area contributed by atoms with Crippen molar-refractivity contribution in [1.82, 2.24) is 9.55 Å². The van der Waals surface area contributed by atoms with Crippen LogP contribution in [0.25, 0.3) is 5.69 Å². The van der Waals surface area contributed by atoms with Gasteiger partial charge in [0.15, 0.2) is 5.16 Å². The number of rotatable bonds is 1. The van der Waals surface area contributed by atoms with Gasteiger partial charge in [-0.1, -0.05) is 0 Å². The van der Waals surface area contributed by atoms with Crippen LogP contribution >= 0.6 is 12.6 Å². The number of aromatic nitrogens is 2. The monoisotopic (exact) mass is 194 g/mol. The van der Waals surface area contributed by atoms with Crippen LogP contribution in [0, 0.1) is 5.82 Å². The lowest BCUT2D eigenvalue weighted by Crippen LogP contribution is -1.92. The van der Waals surface area contributed by atoms with Crippen LogP contribution in [-0.4, -0.2) is 9.55 Å². The summed E-state index contributed by atoms with van der Waals surface area (Å²) in [7, 11) is 0. The number of imidazole rings is 1. The second-order valence-corrected chi connectivity index (χ2v) is 2.97. The van der Waals surface area contributed by atoms with Gasteiger partial charge in [-0.3, -0.25) is 4.57 Å². The average Bonchev–Trinajstić information content (AvgIpc) is 2.53. The maximum atomic E-state index is 12.6. The van der Waals surface area contributed by atoms with E-state index in [-0.39, 0.29) is 5.82 Å². The maximum Gasteiger partial charge on any atom is 0.169 e. The van der Waals surface area contributed by atoms with Crippen LogP contribution in [0.5, 0.6) is 0 Å². The summed E-state index contributed by atoms with van der Waals surface area (Å²) in [5.41, 5.74) is 0.851. The molecule has 2 nitrogen and oxygen atoms in total. The van der Waals surface area contributed by atoms with Crippen molar-refractivity contribution in [2.45, 2.75) is 5.16 Å². The fourth-order valence-electron chi connectivity index (χ4n) is 1.10. The summed E-state index contributed by atoms with van der Waals surface area (Å²) < 4.78 is 14.4. The molecule has 1 aromatic carbocycles. The Kier molecular flexibility index (Phi) is 2.06. The molecule has 1 heterocycles. The minimum Gasteiger partial charge on any atom is -0.295 e. The quantitative estimate of drug-likeness (QED) is 0.690. The van der Waals surface area contributed by atoms with Crippen molar-refractivity contribution in [3.8, 4) is 5.69 Å². The lowest BCUT2D eigenvalue weighted by molar-refractivity contribution is 0.627. The smallest absolute Gasteiger partial charge is 0.169 e. The molecule has 0 unspecified atom stereocenters. The molecule has 0 N–H and O–H groups in total. The highest BCUT2D eigenvalue weighted by molar-refractivity contribution is 7.80. The van der Waals surface area contributed by atoms with Crippen molar-refractivity contribution in [3.63, 3.8) is 0 Å². The van der Waals surface area contributed by atoms with E-state index in [9.17, 15) is 4.39 Å². The summed E-state index contributed by atoms with van der Waals surface area (Å²) in [6.07, 6.45) is 3.42. The van der Waals surface area contributed by atoms with Crippen molar-refractivity contribution >= 4 is 12.6 Å². The van der Waals surface area contributed by atoms with Crippen molar-refractivity contribution in [2.75, 3.05) is 0 Å². The summed E-state index contributed by atoms with van der Waals surface area (Å²) in [5, 5.41) is 0.589. The molecule has 0 saturated carbocycles. The van der Waals surface area contributed by atoms with E-state index >= 15 is 0 Å². The summed E-state index contributed by atoms with van der Waals surface area (Å²) in [5.74, 6) is -0.246. The molecule has 0 aliphatic rings. The summed E-state index contributed by atoms with van der Waals surface area (Å²) in [6.45, 7) is 0. The highest BCUT2D eigenvalue weighted by Gasteiger charge is 1.99. The van der Waals surface area contributed by atoms with Gasteiger partial charge in [0.05, 0.1) is 0 Å². The molecule has 2 rings (SSSR count). The molecule has 0 fully saturated rings. The third-order valence-electron chi connectivity index (χ3n) is 1.73. The number of nitrogens with zero attached hydrogens (tertiary/aromatic N) is 2. The Labute approximate surface area is 80.4 Å². The molecule has 1 aromatic heterocycles. The molecule has 0 amide bonds. The topological polar surface area (TPSA) is 17.8 Å². The minimum atomic E-state index is -0.246. The third kappa shape index (κ3) is 1.58. The third-order valence-corrected chi connectivity index (χ3v) is 2.06. The zero-order valence-electron chi connectivity index (χ0n) is 6.68. The van der Waals surface area contributed by atoms with Crippen molar-refractivity contribution in [2.24, 2.45) is 0 Å². The van der Waals surface area contributed by atoms with E-state index in [0.717, 1.165) is 5.69 Å². The molecule has 0 spiro atoms. The normalized spacial score (nSPS) is 10.3. The number of hydrogen-bond acceptors (Lipinski definition) is 2. The molecule has 0 aliphatic carbocycles. The average molecular weight is 194 g/mol. The highest BCUT2D eigenvalue weighted by Crippen LogP contribution is 2.13. The fourth-order valence-corrected chi connectivity index (χ4v) is 1.35. The van der Waals surface area contributed by atoms with Crippen LogP contribution in [0.15, 0.2) is 41.8 Å². The van der Waals surface area contributed by atoms with E-state index in [1.54, 1.807) is 29.1 Å². The fraction of sp³-hybridized carbons (Fsp3) is 0. The number of hydrogen-bond donors (Lipinski definition) is 1. The first-order valence-corrected chi connectivity index (χ1v) is 4.20. The zero-order valence-corrected chi connectivity index (χ0v) is 7.58. The van der Waals surface area contributed by atoms with Crippen LogP contribution in [0.4, 0.5) is 4.39 Å². The molecule has 0 bridgehead atoms. The van der Waals surface area contributed by atoms with Gasteiger partial charge in [0, 0.05) is 18.1 Å². The van der Waals surface area contributed by atoms with Crippen LogP contribution < -0.4 is 0 Å². The first-order chi connectivity index (χ1) is 6.27. The Balaban J connectivity index is 2.47. The van der Waals surface area contributed by atoms with Crippen LogP contribution in [0.1, 0.15) is 0 Å². The van der Waals surface area contributed by atoms with Crippen molar-refractivity contribution in [3.05, 3.63) is 42.5 Å². The molecule has 0 aliphatic heterocycles. The Morgan fingerprint density at radius 3 is 2.46 bits per heavy atom. The van der Waals surface area contributed by atoms with Gasteiger partial charge in [-0.25, -0.2) is 9.37 Å². The lowest BCUT2D eigenvalue weighted by Gasteiger charge is -2.02. The lowest BCUT2D eigenvalue weighted by atomic mass is 10.3. The summed E-state index contributed by atoms with van der Waals surface area (Å²) in [6, 6.07) is 6.17. The van der Waals surface area contributed by atoms with E-state index < -0.39 is 0 Å². The molecule has 66 valence electrons. The van der Waals surface area contributed by atoms with E-state index in [2.05, 4.69) is 17.6 Å². The molecule has 0 saturated heterocycles. The van der Waals surface area contributed by atoms with Crippen LogP contribution in [0.3, 0.4) is 0 Å². The Hall–Kier alpha value is -1.29. The van der Waals surface area contributed by atoms with Gasteiger partial charge in [-0.2, -0.15) is 0 Å². The molecule has 0 atom stereocenters. The molecule has 13 heavy (non-hydrogen) atoms. The Morgan fingerprint density at radius 2 is 1.92 bits per heavy atom. The van der Waals surface area contributed by atoms with Crippen molar-refractivity contribution < 1.29 is 4.39 Å². The second kappa shape index (κ2) is 3.22. The first kappa shape index (κ1) is 8.31. The van der Waals surface area contributed by atoms with Crippen LogP contribution in [-0.2, 0) is 0 Å². The van der Waals surface area contributed by atoms with Crippen molar-refractivity contribution in [1.29, 1.82) is 0 Å². The zero-order chi connectivity index (χ0) is 9.26. The Bertz CT molecular complexity index is 408. The van der Waals surface area contributed by atoms with Gasteiger partial charge in [-0.15, -0.1) is 12.6 Å². The van der Waals surface area contributed by atoms with Gasteiger partial charge in [0.25, 0.3) is 0 Å². The first-order valence-electron chi connectivity index (χ1n) is 3.75. The van der Waals surface area contributed by atoms with Gasteiger partial charge in [-0.05, 0) is 24.3 Å². The molecule has 2 aromatic rings. The standard InChI is InChI=1S/C9H7FN2S/c10-7-1-3-8(4-2-7)12-6-5-11-9(12)13/h1-6H,(H,11,13). The predicted octanol–water partition coefficient (Wildman–Crippen LogP) is 2.30. The van der Waals surface area contributed by atoms with Gasteiger partial charge < -0.3 is 0 Å². The maximum absolute atomic E-state index is 12.6. The number of thiol groups is 1. The van der Waals surface area contributed by atoms with Crippen LogP contribution in [0.2, 0.25) is 0 Å². The number of benzene rings is 1. The van der Waals surface area contributed by atoms with E-state index in [1.807, 2.05) is 0 Å². The highest BCUT2D eigenvalue weighted by atomic mass is 32.1. The van der Waals surface area contributed by atoms with Gasteiger partial charge in [0.2, 0.25) is 0 Å². The molecular weight excluding hydrogens is 187 g/mol. The van der Waals surface area contributed by atoms with E-state index in [0.29, 0.717) is 5.16 Å². The van der Waals surface area contributed by atoms with E-state index in [4.69, 9.17) is 0 Å². The SMILES string of the molecule is Fc1ccc(-n2ccnc2S)cc1. The molecular formula is C9H7FN2S. The second-order valence-electron chi connectivity index (χ2n) is 2.57. The van der Waals surface area contributed by atoms with Gasteiger partial charge >= 0.3 is 0 Å². The largest absolute Gasteiger partial charge is 0.295 e. The molecule has 0 radical (unpaired) electrons.